The molecule has 0 aromatic heterocycles. The Morgan fingerprint density at radius 2 is 1.96 bits per heavy atom. The van der Waals surface area contributed by atoms with Crippen LogP contribution in [0.3, 0.4) is 0 Å². The van der Waals surface area contributed by atoms with E-state index in [-0.39, 0.29) is 24.2 Å². The number of rotatable bonds is 6. The largest absolute Gasteiger partial charge is 0.389 e. The molecule has 1 aliphatic carbocycles. The minimum Gasteiger partial charge on any atom is -0.389 e. The first kappa shape index (κ1) is 21.0. The number of nitrogens with one attached hydrogen (secondary N) is 1. The van der Waals surface area contributed by atoms with E-state index in [9.17, 15) is 9.90 Å². The Morgan fingerprint density at radius 1 is 1.15 bits per heavy atom. The van der Waals surface area contributed by atoms with Crippen molar-refractivity contribution in [3.63, 3.8) is 0 Å². The molecule has 6 heteroatoms. The lowest BCUT2D eigenvalue weighted by atomic mass is 9.87. The monoisotopic (exact) mass is 382 g/mol. The average Bonchev–Trinajstić information content (AvgIpc) is 2.66. The number of carbonyl (C=O) groups excluding carboxylic acids is 1. The van der Waals surface area contributed by atoms with Gasteiger partial charge in [-0.05, 0) is 38.0 Å². The molecule has 2 heterocycles. The zero-order valence-corrected chi connectivity index (χ0v) is 16.9. The predicted octanol–water partition coefficient (Wildman–Crippen LogP) is 2.09. The van der Waals surface area contributed by atoms with Crippen molar-refractivity contribution in [2.75, 3.05) is 32.8 Å². The molecule has 0 aromatic carbocycles. The third kappa shape index (κ3) is 6.41. The minimum absolute atomic E-state index is 0.00110. The van der Waals surface area contributed by atoms with Gasteiger partial charge in [0.25, 0.3) is 0 Å². The quantitative estimate of drug-likeness (QED) is 0.736. The van der Waals surface area contributed by atoms with Crippen LogP contribution in [-0.2, 0) is 14.3 Å². The smallest absolute Gasteiger partial charge is 0.222 e. The molecule has 2 N–H and O–H groups in total. The summed E-state index contributed by atoms with van der Waals surface area (Å²) in [5.74, 6) is 0.825. The van der Waals surface area contributed by atoms with Gasteiger partial charge in [0.1, 0.15) is 0 Å². The summed E-state index contributed by atoms with van der Waals surface area (Å²) >= 11 is 0. The molecular formula is C21H38N2O4. The van der Waals surface area contributed by atoms with E-state index in [2.05, 4.69) is 17.1 Å². The van der Waals surface area contributed by atoms with E-state index in [4.69, 9.17) is 9.47 Å². The number of amides is 1. The van der Waals surface area contributed by atoms with Gasteiger partial charge >= 0.3 is 0 Å². The van der Waals surface area contributed by atoms with E-state index in [1.807, 2.05) is 0 Å². The lowest BCUT2D eigenvalue weighted by Crippen LogP contribution is -2.56. The molecular weight excluding hydrogens is 344 g/mol. The predicted molar refractivity (Wildman–Crippen MR) is 105 cm³/mol. The van der Waals surface area contributed by atoms with Crippen LogP contribution in [0.2, 0.25) is 0 Å². The van der Waals surface area contributed by atoms with Gasteiger partial charge in [-0.3, -0.25) is 9.69 Å². The summed E-state index contributed by atoms with van der Waals surface area (Å²) in [5, 5.41) is 13.2. The highest BCUT2D eigenvalue weighted by molar-refractivity contribution is 5.76. The van der Waals surface area contributed by atoms with Gasteiger partial charge in [-0.15, -0.1) is 0 Å². The number of fused-ring (bicyclic) bond motifs is 1. The fraction of sp³-hybridized carbons (Fsp3) is 0.952. The SMILES string of the molecule is CCCNC(=O)C[C@@H]1CC[C@@H]2[C@H](COC[C@H](O)CN2CC2CCCCC2)O1. The van der Waals surface area contributed by atoms with Crippen molar-refractivity contribution in [3.05, 3.63) is 0 Å². The van der Waals surface area contributed by atoms with Gasteiger partial charge in [-0.1, -0.05) is 26.2 Å². The number of nitrogens with zero attached hydrogens (tertiary/aromatic N) is 1. The first-order valence-corrected chi connectivity index (χ1v) is 11.1. The maximum absolute atomic E-state index is 12.1. The van der Waals surface area contributed by atoms with Crippen molar-refractivity contribution in [1.82, 2.24) is 10.2 Å². The molecule has 2 saturated heterocycles. The van der Waals surface area contributed by atoms with E-state index in [0.29, 0.717) is 26.2 Å². The fourth-order valence-corrected chi connectivity index (χ4v) is 4.90. The fourth-order valence-electron chi connectivity index (χ4n) is 4.90. The second-order valence-electron chi connectivity index (χ2n) is 8.64. The number of hydrogen-bond acceptors (Lipinski definition) is 5. The highest BCUT2D eigenvalue weighted by atomic mass is 16.5. The molecule has 0 bridgehead atoms. The van der Waals surface area contributed by atoms with Crippen LogP contribution in [0.15, 0.2) is 0 Å². The van der Waals surface area contributed by atoms with Crippen molar-refractivity contribution < 1.29 is 19.4 Å². The van der Waals surface area contributed by atoms with E-state index in [1.54, 1.807) is 0 Å². The third-order valence-electron chi connectivity index (χ3n) is 6.29. The van der Waals surface area contributed by atoms with Crippen molar-refractivity contribution in [3.8, 4) is 0 Å². The van der Waals surface area contributed by atoms with Gasteiger partial charge in [-0.2, -0.15) is 0 Å². The van der Waals surface area contributed by atoms with Crippen molar-refractivity contribution in [1.29, 1.82) is 0 Å². The molecule has 0 unspecified atom stereocenters. The van der Waals surface area contributed by atoms with E-state index in [1.165, 1.54) is 32.1 Å². The summed E-state index contributed by atoms with van der Waals surface area (Å²) in [6.07, 6.45) is 9.51. The summed E-state index contributed by atoms with van der Waals surface area (Å²) in [5.41, 5.74) is 0. The Bertz CT molecular complexity index is 455. The van der Waals surface area contributed by atoms with E-state index >= 15 is 0 Å². The molecule has 1 saturated carbocycles. The van der Waals surface area contributed by atoms with Crippen molar-refractivity contribution in [2.45, 2.75) is 89.1 Å². The number of hydrogen-bond donors (Lipinski definition) is 2. The van der Waals surface area contributed by atoms with Crippen LogP contribution in [-0.4, -0.2) is 73.1 Å². The maximum Gasteiger partial charge on any atom is 0.222 e. The lowest BCUT2D eigenvalue weighted by Gasteiger charge is -2.45. The first-order valence-electron chi connectivity index (χ1n) is 11.1. The summed E-state index contributed by atoms with van der Waals surface area (Å²) < 4.78 is 12.0. The highest BCUT2D eigenvalue weighted by Crippen LogP contribution is 2.31. The molecule has 156 valence electrons. The Morgan fingerprint density at radius 3 is 2.74 bits per heavy atom. The van der Waals surface area contributed by atoms with Gasteiger partial charge in [0.2, 0.25) is 5.91 Å². The Balaban J connectivity index is 1.58. The van der Waals surface area contributed by atoms with Gasteiger partial charge < -0.3 is 19.9 Å². The Labute approximate surface area is 164 Å². The zero-order chi connectivity index (χ0) is 19.1. The molecule has 3 aliphatic rings. The van der Waals surface area contributed by atoms with Crippen LogP contribution in [0.4, 0.5) is 0 Å². The van der Waals surface area contributed by atoms with Crippen molar-refractivity contribution in [2.24, 2.45) is 5.92 Å². The zero-order valence-electron chi connectivity index (χ0n) is 16.9. The third-order valence-corrected chi connectivity index (χ3v) is 6.29. The molecule has 3 fully saturated rings. The van der Waals surface area contributed by atoms with Crippen LogP contribution in [0.5, 0.6) is 0 Å². The van der Waals surface area contributed by atoms with E-state index < -0.39 is 6.10 Å². The standard InChI is InChI=1S/C21H38N2O4/c1-2-10-22-21(25)11-18-8-9-19-20(27-18)15-26-14-17(24)13-23(19)12-16-6-4-3-5-7-16/h16-20,24H,2-15H2,1H3,(H,22,25)/t17-,18+,19-,20+/m1/s1. The summed E-state index contributed by atoms with van der Waals surface area (Å²) in [4.78, 5) is 14.5. The summed E-state index contributed by atoms with van der Waals surface area (Å²) in [6.45, 7) is 5.40. The maximum atomic E-state index is 12.1. The average molecular weight is 383 g/mol. The van der Waals surface area contributed by atoms with E-state index in [0.717, 1.165) is 38.3 Å². The molecule has 1 amide bonds. The molecule has 6 nitrogen and oxygen atoms in total. The van der Waals surface area contributed by atoms with Crippen LogP contribution in [0.25, 0.3) is 0 Å². The number of ether oxygens (including phenoxy) is 2. The highest BCUT2D eigenvalue weighted by Gasteiger charge is 2.38. The number of β-amino-alcohol motifs (C(OH)–C–C–N with tert-alkyl or cyclic N) is 1. The van der Waals surface area contributed by atoms with Gasteiger partial charge in [0.15, 0.2) is 0 Å². The summed E-state index contributed by atoms with van der Waals surface area (Å²) in [7, 11) is 0. The second-order valence-corrected chi connectivity index (χ2v) is 8.64. The number of carbonyl (C=O) groups is 1. The first-order chi connectivity index (χ1) is 13.2. The molecule has 3 rings (SSSR count). The number of aliphatic hydroxyl groups is 1. The Kier molecular flexibility index (Phi) is 8.37. The lowest BCUT2D eigenvalue weighted by molar-refractivity contribution is -0.158. The van der Waals surface area contributed by atoms with Crippen LogP contribution < -0.4 is 5.32 Å². The normalized spacial score (nSPS) is 33.7. The molecule has 0 spiro atoms. The molecule has 0 aromatic rings. The minimum atomic E-state index is -0.424. The van der Waals surface area contributed by atoms with Gasteiger partial charge in [-0.25, -0.2) is 0 Å². The summed E-state index contributed by atoms with van der Waals surface area (Å²) in [6, 6.07) is 0.289. The van der Waals surface area contributed by atoms with Gasteiger partial charge in [0, 0.05) is 25.7 Å². The Hall–Kier alpha value is -0.690. The number of aliphatic hydroxyl groups excluding tert-OH is 1. The van der Waals surface area contributed by atoms with Gasteiger partial charge in [0.05, 0.1) is 37.9 Å². The van der Waals surface area contributed by atoms with Crippen molar-refractivity contribution >= 4 is 5.91 Å². The molecule has 0 radical (unpaired) electrons. The second kappa shape index (κ2) is 10.7. The molecule has 27 heavy (non-hydrogen) atoms. The van der Waals surface area contributed by atoms with Crippen LogP contribution in [0.1, 0.15) is 64.7 Å². The molecule has 4 atom stereocenters. The van der Waals surface area contributed by atoms with Crippen LogP contribution >= 0.6 is 0 Å². The topological polar surface area (TPSA) is 71.0 Å². The molecule has 2 aliphatic heterocycles. The van der Waals surface area contributed by atoms with Crippen LogP contribution in [0, 0.1) is 5.92 Å².